The van der Waals surface area contributed by atoms with Gasteiger partial charge >= 0.3 is 0 Å². The van der Waals surface area contributed by atoms with Gasteiger partial charge in [-0.25, -0.2) is 0 Å². The van der Waals surface area contributed by atoms with Crippen LogP contribution in [0, 0.1) is 11.8 Å². The monoisotopic (exact) mass is 382 g/mol. The Labute approximate surface area is 160 Å². The van der Waals surface area contributed by atoms with E-state index in [1.807, 2.05) is 12.3 Å². The van der Waals surface area contributed by atoms with Crippen molar-refractivity contribution in [2.24, 2.45) is 11.8 Å². The largest absolute Gasteiger partial charge is 0.390 e. The second-order valence-corrected chi connectivity index (χ2v) is 8.93. The maximum atomic E-state index is 11.1. The molecule has 0 spiro atoms. The Balaban J connectivity index is 1.47. The number of aromatic nitrogens is 5. The van der Waals surface area contributed by atoms with Gasteiger partial charge in [-0.15, -0.1) is 10.2 Å². The first kappa shape index (κ1) is 16.4. The number of hydrogen-bond donors (Lipinski definition) is 4. The summed E-state index contributed by atoms with van der Waals surface area (Å²) in [5.74, 6) is 1.55. The molecule has 4 N–H and O–H groups in total. The first-order chi connectivity index (χ1) is 13.5. The smallest absolute Gasteiger partial charge is 0.280 e. The minimum Gasteiger partial charge on any atom is -0.390 e. The molecule has 0 aromatic carbocycles. The molecule has 4 atom stereocenters. The van der Waals surface area contributed by atoms with E-state index >= 15 is 0 Å². The summed E-state index contributed by atoms with van der Waals surface area (Å²) >= 11 is 0. The van der Waals surface area contributed by atoms with Crippen LogP contribution < -0.4 is 5.32 Å². The number of aromatic amines is 1. The lowest BCUT2D eigenvalue weighted by molar-refractivity contribution is -0.127. The van der Waals surface area contributed by atoms with Gasteiger partial charge in [0.05, 0.1) is 11.3 Å². The standard InChI is InChI=1S/C19H22N6O3/c26-8-13-21-17(28-25-13)15-14(12-1-2-20-16(12)24-23-15)22-18-4-10-3-11(5-18)7-19(27,6-10)9-18/h1-2,10-11,26-27H,3-9H2,(H2,20,22,24)/t10-,11+,18+,19?. The first-order valence-corrected chi connectivity index (χ1v) is 9.83. The summed E-state index contributed by atoms with van der Waals surface area (Å²) in [7, 11) is 0. The predicted octanol–water partition coefficient (Wildman–Crippen LogP) is 2.00. The van der Waals surface area contributed by atoms with E-state index in [0.717, 1.165) is 43.2 Å². The highest BCUT2D eigenvalue weighted by atomic mass is 16.5. The van der Waals surface area contributed by atoms with Gasteiger partial charge in [-0.2, -0.15) is 4.98 Å². The molecule has 1 unspecified atom stereocenters. The van der Waals surface area contributed by atoms with E-state index in [1.54, 1.807) is 0 Å². The van der Waals surface area contributed by atoms with Crippen LogP contribution in [0.5, 0.6) is 0 Å². The molecule has 0 aliphatic heterocycles. The third-order valence-corrected chi connectivity index (χ3v) is 6.71. The zero-order valence-corrected chi connectivity index (χ0v) is 15.4. The van der Waals surface area contributed by atoms with Crippen LogP contribution in [0.25, 0.3) is 22.6 Å². The Morgan fingerprint density at radius 3 is 2.75 bits per heavy atom. The molecule has 9 heteroatoms. The van der Waals surface area contributed by atoms with Crippen LogP contribution in [0.15, 0.2) is 16.8 Å². The first-order valence-electron chi connectivity index (χ1n) is 9.83. The molecule has 146 valence electrons. The highest BCUT2D eigenvalue weighted by Gasteiger charge is 2.57. The summed E-state index contributed by atoms with van der Waals surface area (Å²) in [5.41, 5.74) is 1.22. The van der Waals surface area contributed by atoms with Crippen molar-refractivity contribution >= 4 is 16.7 Å². The van der Waals surface area contributed by atoms with Gasteiger partial charge in [0.1, 0.15) is 6.61 Å². The fourth-order valence-corrected chi connectivity index (χ4v) is 6.24. The van der Waals surface area contributed by atoms with E-state index in [0.29, 0.717) is 23.2 Å². The van der Waals surface area contributed by atoms with E-state index < -0.39 is 5.60 Å². The van der Waals surface area contributed by atoms with E-state index in [2.05, 4.69) is 30.6 Å². The second kappa shape index (κ2) is 5.51. The number of H-pyrrole nitrogens is 1. The zero-order valence-electron chi connectivity index (χ0n) is 15.4. The molecule has 4 bridgehead atoms. The molecule has 4 saturated carbocycles. The summed E-state index contributed by atoms with van der Waals surface area (Å²) in [5, 5.41) is 37.4. The van der Waals surface area contributed by atoms with Crippen molar-refractivity contribution < 1.29 is 14.7 Å². The predicted molar refractivity (Wildman–Crippen MR) is 99.1 cm³/mol. The Hall–Kier alpha value is -2.52. The van der Waals surface area contributed by atoms with Crippen molar-refractivity contribution in [1.82, 2.24) is 25.3 Å². The van der Waals surface area contributed by atoms with Crippen LogP contribution in [0.4, 0.5) is 5.69 Å². The maximum Gasteiger partial charge on any atom is 0.280 e. The highest BCUT2D eigenvalue weighted by molar-refractivity contribution is 5.95. The molecule has 0 saturated heterocycles. The Kier molecular flexibility index (Phi) is 3.24. The summed E-state index contributed by atoms with van der Waals surface area (Å²) in [6.45, 7) is -0.299. The van der Waals surface area contributed by atoms with Gasteiger partial charge in [-0.1, -0.05) is 5.16 Å². The van der Waals surface area contributed by atoms with Crippen LogP contribution in [-0.4, -0.2) is 46.7 Å². The number of nitrogens with one attached hydrogen (secondary N) is 2. The minimum atomic E-state index is -0.566. The van der Waals surface area contributed by atoms with Crippen molar-refractivity contribution in [3.8, 4) is 11.6 Å². The summed E-state index contributed by atoms with van der Waals surface area (Å²) in [4.78, 5) is 7.33. The molecular weight excluding hydrogens is 360 g/mol. The lowest BCUT2D eigenvalue weighted by Crippen LogP contribution is -2.62. The molecule has 3 aromatic rings. The third-order valence-electron chi connectivity index (χ3n) is 6.71. The van der Waals surface area contributed by atoms with Gasteiger partial charge in [0.15, 0.2) is 17.2 Å². The molecular formula is C19H22N6O3. The van der Waals surface area contributed by atoms with Gasteiger partial charge < -0.3 is 25.0 Å². The number of rotatable bonds is 4. The van der Waals surface area contributed by atoms with Gasteiger partial charge in [0.2, 0.25) is 0 Å². The molecule has 4 aliphatic carbocycles. The zero-order chi connectivity index (χ0) is 18.9. The van der Waals surface area contributed by atoms with E-state index in [4.69, 9.17) is 4.52 Å². The van der Waals surface area contributed by atoms with Crippen molar-refractivity contribution in [3.63, 3.8) is 0 Å². The molecule has 3 heterocycles. The second-order valence-electron chi connectivity index (χ2n) is 8.93. The quantitative estimate of drug-likeness (QED) is 0.538. The summed E-state index contributed by atoms with van der Waals surface area (Å²) in [6.07, 6.45) is 7.71. The average Bonchev–Trinajstić information content (AvgIpc) is 3.28. The number of aliphatic hydroxyl groups excluding tert-OH is 1. The molecule has 7 rings (SSSR count). The van der Waals surface area contributed by atoms with E-state index in [-0.39, 0.29) is 23.9 Å². The normalized spacial score (nSPS) is 33.6. The third kappa shape index (κ3) is 2.39. The fraction of sp³-hybridized carbons (Fsp3) is 0.579. The molecule has 9 nitrogen and oxygen atoms in total. The van der Waals surface area contributed by atoms with Crippen LogP contribution in [-0.2, 0) is 6.61 Å². The van der Waals surface area contributed by atoms with Crippen molar-refractivity contribution in [2.45, 2.75) is 56.3 Å². The van der Waals surface area contributed by atoms with Crippen LogP contribution in [0.3, 0.4) is 0 Å². The minimum absolute atomic E-state index is 0.166. The molecule has 28 heavy (non-hydrogen) atoms. The van der Waals surface area contributed by atoms with Crippen molar-refractivity contribution in [2.75, 3.05) is 5.32 Å². The van der Waals surface area contributed by atoms with Crippen molar-refractivity contribution in [1.29, 1.82) is 0 Å². The summed E-state index contributed by atoms with van der Waals surface area (Å²) < 4.78 is 5.33. The SMILES string of the molecule is OCc1noc(-c2nnc3[nH]ccc3c2N[C@@]23C[C@@H]4C[C@@H](CC(O)(C4)C2)C3)n1. The number of nitrogens with zero attached hydrogens (tertiary/aromatic N) is 4. The Morgan fingerprint density at radius 1 is 1.21 bits per heavy atom. The van der Waals surface area contributed by atoms with Crippen LogP contribution >= 0.6 is 0 Å². The average molecular weight is 382 g/mol. The van der Waals surface area contributed by atoms with Gasteiger partial charge in [0.25, 0.3) is 5.89 Å². The number of fused-ring (bicyclic) bond motifs is 1. The van der Waals surface area contributed by atoms with E-state index in [9.17, 15) is 10.2 Å². The van der Waals surface area contributed by atoms with Gasteiger partial charge in [0, 0.05) is 17.1 Å². The number of hydrogen-bond acceptors (Lipinski definition) is 8. The topological polar surface area (TPSA) is 133 Å². The fourth-order valence-electron chi connectivity index (χ4n) is 6.24. The lowest BCUT2D eigenvalue weighted by atomic mass is 9.51. The van der Waals surface area contributed by atoms with E-state index in [1.165, 1.54) is 6.42 Å². The van der Waals surface area contributed by atoms with Crippen LogP contribution in [0.2, 0.25) is 0 Å². The molecule has 4 fully saturated rings. The number of aliphatic hydroxyl groups is 2. The Bertz CT molecular complexity index is 1050. The van der Waals surface area contributed by atoms with Gasteiger partial charge in [-0.3, -0.25) is 0 Å². The Morgan fingerprint density at radius 2 is 2.04 bits per heavy atom. The highest BCUT2D eigenvalue weighted by Crippen LogP contribution is 2.58. The molecule has 0 amide bonds. The summed E-state index contributed by atoms with van der Waals surface area (Å²) in [6, 6.07) is 1.95. The van der Waals surface area contributed by atoms with Gasteiger partial charge in [-0.05, 0) is 56.4 Å². The molecule has 0 radical (unpaired) electrons. The van der Waals surface area contributed by atoms with Crippen molar-refractivity contribution in [3.05, 3.63) is 18.1 Å². The lowest BCUT2D eigenvalue weighted by Gasteiger charge is -2.60. The number of anilines is 1. The van der Waals surface area contributed by atoms with Crippen LogP contribution in [0.1, 0.15) is 44.3 Å². The molecule has 3 aromatic heterocycles. The molecule has 4 aliphatic rings. The maximum absolute atomic E-state index is 11.1.